The van der Waals surface area contributed by atoms with Crippen LogP contribution >= 0.6 is 0 Å². The molecule has 0 aliphatic carbocycles. The number of benzene rings is 3. The summed E-state index contributed by atoms with van der Waals surface area (Å²) < 4.78 is 5.85. The van der Waals surface area contributed by atoms with Gasteiger partial charge in [-0.05, 0) is 41.3 Å². The maximum Gasteiger partial charge on any atom is 0.150 e. The van der Waals surface area contributed by atoms with Gasteiger partial charge in [-0.15, -0.1) is 0 Å². The molecule has 0 N–H and O–H groups in total. The predicted octanol–water partition coefficient (Wildman–Crippen LogP) is 4.67. The molecule has 0 spiro atoms. The largest absolute Gasteiger partial charge is 0.489 e. The summed E-state index contributed by atoms with van der Waals surface area (Å²) >= 11 is 0. The van der Waals surface area contributed by atoms with E-state index >= 15 is 0 Å². The van der Waals surface area contributed by atoms with E-state index in [2.05, 4.69) is 12.1 Å². The number of carbonyl (C=O) groups is 1. The van der Waals surface area contributed by atoms with Crippen molar-refractivity contribution in [3.8, 4) is 5.75 Å². The molecule has 0 saturated heterocycles. The highest BCUT2D eigenvalue weighted by atomic mass is 16.5. The fourth-order valence-corrected chi connectivity index (χ4v) is 2.51. The number of hydrogen-bond acceptors (Lipinski definition) is 2. The highest BCUT2D eigenvalue weighted by Crippen LogP contribution is 2.20. The second-order valence-electron chi connectivity index (χ2n) is 5.46. The molecule has 23 heavy (non-hydrogen) atoms. The minimum atomic E-state index is 0.494. The maximum absolute atomic E-state index is 11.2. The van der Waals surface area contributed by atoms with E-state index < -0.39 is 0 Å². The topological polar surface area (TPSA) is 26.3 Å². The number of hydrogen-bond donors (Lipinski definition) is 0. The van der Waals surface area contributed by atoms with Crippen molar-refractivity contribution in [3.05, 3.63) is 101 Å². The van der Waals surface area contributed by atoms with E-state index in [4.69, 9.17) is 4.74 Å². The van der Waals surface area contributed by atoms with Gasteiger partial charge in [0.25, 0.3) is 0 Å². The summed E-state index contributed by atoms with van der Waals surface area (Å²) in [5.74, 6) is 0.726. The minimum absolute atomic E-state index is 0.494. The van der Waals surface area contributed by atoms with Crippen molar-refractivity contribution in [1.82, 2.24) is 0 Å². The Labute approximate surface area is 136 Å². The number of carbonyl (C=O) groups excluding carboxylic acids is 1. The van der Waals surface area contributed by atoms with Gasteiger partial charge in [-0.2, -0.15) is 0 Å². The van der Waals surface area contributed by atoms with Crippen molar-refractivity contribution >= 4 is 6.29 Å². The molecule has 0 unspecified atom stereocenters. The highest BCUT2D eigenvalue weighted by molar-refractivity contribution is 5.76. The van der Waals surface area contributed by atoms with Crippen LogP contribution in [-0.2, 0) is 13.0 Å². The van der Waals surface area contributed by atoms with Crippen LogP contribution in [0.4, 0.5) is 0 Å². The maximum atomic E-state index is 11.2. The molecule has 2 nitrogen and oxygen atoms in total. The fraction of sp³-hybridized carbons (Fsp3) is 0.0952. The molecule has 0 atom stereocenters. The van der Waals surface area contributed by atoms with Crippen LogP contribution in [0, 0.1) is 0 Å². The van der Waals surface area contributed by atoms with E-state index in [9.17, 15) is 4.79 Å². The summed E-state index contributed by atoms with van der Waals surface area (Å²) in [6.07, 6.45) is 1.65. The average Bonchev–Trinajstić information content (AvgIpc) is 2.61. The highest BCUT2D eigenvalue weighted by Gasteiger charge is 2.04. The Balaban J connectivity index is 1.77. The van der Waals surface area contributed by atoms with Crippen LogP contribution in [0.15, 0.2) is 78.9 Å². The van der Waals surface area contributed by atoms with Gasteiger partial charge in [0.05, 0.1) is 0 Å². The molecule has 0 aliphatic rings. The minimum Gasteiger partial charge on any atom is -0.489 e. The fourth-order valence-electron chi connectivity index (χ4n) is 2.51. The van der Waals surface area contributed by atoms with Crippen molar-refractivity contribution in [1.29, 1.82) is 0 Å². The van der Waals surface area contributed by atoms with E-state index in [1.807, 2.05) is 60.7 Å². The van der Waals surface area contributed by atoms with Crippen LogP contribution < -0.4 is 4.74 Å². The normalized spacial score (nSPS) is 10.3. The third kappa shape index (κ3) is 4.30. The van der Waals surface area contributed by atoms with Gasteiger partial charge in [-0.25, -0.2) is 0 Å². The second-order valence-corrected chi connectivity index (χ2v) is 5.46. The Morgan fingerprint density at radius 2 is 1.39 bits per heavy atom. The summed E-state index contributed by atoms with van der Waals surface area (Å²) in [4.78, 5) is 11.2. The summed E-state index contributed by atoms with van der Waals surface area (Å²) in [5.41, 5.74) is 4.03. The second kappa shape index (κ2) is 7.41. The SMILES string of the molecule is O=Cc1cc(Cc2ccccc2)cc(OCc2ccccc2)c1. The van der Waals surface area contributed by atoms with Crippen molar-refractivity contribution in [2.45, 2.75) is 13.0 Å². The molecule has 0 fully saturated rings. The first-order valence-electron chi connectivity index (χ1n) is 7.63. The van der Waals surface area contributed by atoms with E-state index in [1.54, 1.807) is 6.07 Å². The first-order valence-corrected chi connectivity index (χ1v) is 7.63. The van der Waals surface area contributed by atoms with Gasteiger partial charge in [-0.3, -0.25) is 4.79 Å². The standard InChI is InChI=1S/C21H18O2/c22-15-20-12-19(11-17-7-3-1-4-8-17)13-21(14-20)23-16-18-9-5-2-6-10-18/h1-10,12-15H,11,16H2. The molecule has 0 radical (unpaired) electrons. The number of ether oxygens (including phenoxy) is 1. The van der Waals surface area contributed by atoms with Gasteiger partial charge in [0.2, 0.25) is 0 Å². The lowest BCUT2D eigenvalue weighted by atomic mass is 10.0. The first kappa shape index (κ1) is 15.0. The van der Waals surface area contributed by atoms with Crippen LogP contribution in [0.3, 0.4) is 0 Å². The third-order valence-electron chi connectivity index (χ3n) is 3.62. The van der Waals surface area contributed by atoms with Gasteiger partial charge < -0.3 is 4.74 Å². The average molecular weight is 302 g/mol. The molecular formula is C21H18O2. The first-order chi connectivity index (χ1) is 11.3. The quantitative estimate of drug-likeness (QED) is 0.619. The lowest BCUT2D eigenvalue weighted by Crippen LogP contribution is -1.98. The Kier molecular flexibility index (Phi) is 4.85. The summed E-state index contributed by atoms with van der Waals surface area (Å²) in [5, 5.41) is 0. The van der Waals surface area contributed by atoms with E-state index in [-0.39, 0.29) is 0 Å². The zero-order chi connectivity index (χ0) is 15.9. The van der Waals surface area contributed by atoms with Crippen molar-refractivity contribution in [2.24, 2.45) is 0 Å². The summed E-state index contributed by atoms with van der Waals surface area (Å²) in [6, 6.07) is 25.9. The zero-order valence-electron chi connectivity index (χ0n) is 12.8. The molecule has 0 bridgehead atoms. The Morgan fingerprint density at radius 3 is 2.04 bits per heavy atom. The molecule has 0 amide bonds. The van der Waals surface area contributed by atoms with Gasteiger partial charge in [-0.1, -0.05) is 60.7 Å². The van der Waals surface area contributed by atoms with Gasteiger partial charge in [0.15, 0.2) is 0 Å². The molecule has 3 aromatic rings. The number of rotatable bonds is 6. The molecule has 3 rings (SSSR count). The Bertz CT molecular complexity index is 764. The summed E-state index contributed by atoms with van der Waals surface area (Å²) in [7, 11) is 0. The molecule has 114 valence electrons. The lowest BCUT2D eigenvalue weighted by molar-refractivity contribution is 0.112. The van der Waals surface area contributed by atoms with Crippen LogP contribution in [0.25, 0.3) is 0 Å². The van der Waals surface area contributed by atoms with Gasteiger partial charge in [0.1, 0.15) is 18.6 Å². The molecule has 0 aromatic heterocycles. The van der Waals surface area contributed by atoms with E-state index in [1.165, 1.54) is 5.56 Å². The van der Waals surface area contributed by atoms with Crippen LogP contribution in [0.1, 0.15) is 27.0 Å². The molecule has 0 heterocycles. The van der Waals surface area contributed by atoms with Gasteiger partial charge in [0, 0.05) is 5.56 Å². The van der Waals surface area contributed by atoms with Crippen LogP contribution in [0.5, 0.6) is 5.75 Å². The molecular weight excluding hydrogens is 284 g/mol. The summed E-state index contributed by atoms with van der Waals surface area (Å²) in [6.45, 7) is 0.494. The third-order valence-corrected chi connectivity index (χ3v) is 3.62. The smallest absolute Gasteiger partial charge is 0.150 e. The molecule has 0 aliphatic heterocycles. The molecule has 0 saturated carbocycles. The molecule has 3 aromatic carbocycles. The number of aldehydes is 1. The monoisotopic (exact) mass is 302 g/mol. The van der Waals surface area contributed by atoms with Crippen LogP contribution in [0.2, 0.25) is 0 Å². The van der Waals surface area contributed by atoms with Crippen molar-refractivity contribution in [3.63, 3.8) is 0 Å². The molecule has 2 heteroatoms. The lowest BCUT2D eigenvalue weighted by Gasteiger charge is -2.10. The Hall–Kier alpha value is -2.87. The van der Waals surface area contributed by atoms with Gasteiger partial charge >= 0.3 is 0 Å². The predicted molar refractivity (Wildman–Crippen MR) is 91.9 cm³/mol. The van der Waals surface area contributed by atoms with E-state index in [0.717, 1.165) is 29.6 Å². The van der Waals surface area contributed by atoms with Crippen molar-refractivity contribution < 1.29 is 9.53 Å². The van der Waals surface area contributed by atoms with Crippen LogP contribution in [-0.4, -0.2) is 6.29 Å². The van der Waals surface area contributed by atoms with Crippen molar-refractivity contribution in [2.75, 3.05) is 0 Å². The Morgan fingerprint density at radius 1 is 0.739 bits per heavy atom. The van der Waals surface area contributed by atoms with E-state index in [0.29, 0.717) is 12.2 Å². The zero-order valence-corrected chi connectivity index (χ0v) is 12.8.